The molecule has 2 aromatic carbocycles. The second kappa shape index (κ2) is 6.93. The number of nitro groups is 1. The highest BCUT2D eigenvalue weighted by Gasteiger charge is 2.23. The molecule has 0 aromatic heterocycles. The SMILES string of the molecule is O=C1CCCN1c1ccc(S(=O)(=O)Nc2cc([N+](=O)[O-])ccc2Cl)cc1. The van der Waals surface area contributed by atoms with E-state index in [0.29, 0.717) is 18.7 Å². The van der Waals surface area contributed by atoms with Crippen molar-refractivity contribution in [1.29, 1.82) is 0 Å². The number of carbonyl (C=O) groups is 1. The van der Waals surface area contributed by atoms with Crippen LogP contribution in [-0.2, 0) is 14.8 Å². The van der Waals surface area contributed by atoms with Gasteiger partial charge in [0.2, 0.25) is 5.91 Å². The summed E-state index contributed by atoms with van der Waals surface area (Å²) in [7, 11) is -3.99. The van der Waals surface area contributed by atoms with Crippen molar-refractivity contribution in [2.75, 3.05) is 16.2 Å². The molecule has 1 N–H and O–H groups in total. The van der Waals surface area contributed by atoms with Gasteiger partial charge in [0.15, 0.2) is 0 Å². The van der Waals surface area contributed by atoms with Crippen molar-refractivity contribution in [1.82, 2.24) is 0 Å². The number of hydrogen-bond donors (Lipinski definition) is 1. The average molecular weight is 396 g/mol. The van der Waals surface area contributed by atoms with Crippen LogP contribution >= 0.6 is 11.6 Å². The van der Waals surface area contributed by atoms with Crippen molar-refractivity contribution in [3.63, 3.8) is 0 Å². The minimum atomic E-state index is -3.99. The molecule has 0 unspecified atom stereocenters. The van der Waals surface area contributed by atoms with Gasteiger partial charge in [0.1, 0.15) is 0 Å². The Balaban J connectivity index is 1.85. The fourth-order valence-corrected chi connectivity index (χ4v) is 3.93. The normalized spacial score (nSPS) is 14.5. The lowest BCUT2D eigenvalue weighted by Crippen LogP contribution is -2.23. The van der Waals surface area contributed by atoms with Crippen LogP contribution in [0.15, 0.2) is 47.4 Å². The molecule has 1 saturated heterocycles. The Morgan fingerprint density at radius 2 is 1.85 bits per heavy atom. The van der Waals surface area contributed by atoms with Gasteiger partial charge in [0.25, 0.3) is 15.7 Å². The molecule has 10 heteroatoms. The van der Waals surface area contributed by atoms with Gasteiger partial charge in [-0.15, -0.1) is 0 Å². The van der Waals surface area contributed by atoms with E-state index in [9.17, 15) is 23.3 Å². The predicted molar refractivity (Wildman–Crippen MR) is 96.9 cm³/mol. The van der Waals surface area contributed by atoms with Crippen molar-refractivity contribution in [2.24, 2.45) is 0 Å². The van der Waals surface area contributed by atoms with E-state index in [2.05, 4.69) is 4.72 Å². The van der Waals surface area contributed by atoms with Crippen LogP contribution in [0.1, 0.15) is 12.8 Å². The zero-order chi connectivity index (χ0) is 18.9. The maximum atomic E-state index is 12.5. The average Bonchev–Trinajstić information content (AvgIpc) is 3.02. The highest BCUT2D eigenvalue weighted by atomic mass is 35.5. The fraction of sp³-hybridized carbons (Fsp3) is 0.188. The summed E-state index contributed by atoms with van der Waals surface area (Å²) in [5.74, 6) is 0.00195. The first-order chi connectivity index (χ1) is 12.3. The lowest BCUT2D eigenvalue weighted by molar-refractivity contribution is -0.384. The maximum absolute atomic E-state index is 12.5. The molecular formula is C16H14ClN3O5S. The van der Waals surface area contributed by atoms with Crippen molar-refractivity contribution in [3.8, 4) is 0 Å². The van der Waals surface area contributed by atoms with E-state index in [1.165, 1.54) is 24.3 Å². The fourth-order valence-electron chi connectivity index (χ4n) is 2.64. The van der Waals surface area contributed by atoms with Gasteiger partial charge in [0, 0.05) is 30.8 Å². The number of carbonyl (C=O) groups excluding carboxylic acids is 1. The Kier molecular flexibility index (Phi) is 4.84. The Hall–Kier alpha value is -2.65. The number of hydrogen-bond acceptors (Lipinski definition) is 5. The molecule has 1 amide bonds. The third kappa shape index (κ3) is 3.63. The number of benzene rings is 2. The molecule has 3 rings (SSSR count). The third-order valence-electron chi connectivity index (χ3n) is 3.94. The number of non-ortho nitro benzene ring substituents is 1. The van der Waals surface area contributed by atoms with Gasteiger partial charge >= 0.3 is 0 Å². The molecule has 8 nitrogen and oxygen atoms in total. The first kappa shape index (κ1) is 18.2. The monoisotopic (exact) mass is 395 g/mol. The Bertz CT molecular complexity index is 976. The van der Waals surface area contributed by atoms with Crippen molar-refractivity contribution >= 4 is 44.6 Å². The minimum absolute atomic E-state index is 0.00195. The Morgan fingerprint density at radius 1 is 1.15 bits per heavy atom. The summed E-state index contributed by atoms with van der Waals surface area (Å²) in [6.07, 6.45) is 1.25. The number of nitrogens with zero attached hydrogens (tertiary/aromatic N) is 2. The summed E-state index contributed by atoms with van der Waals surface area (Å²) >= 11 is 5.93. The smallest absolute Gasteiger partial charge is 0.271 e. The number of halogens is 1. The molecule has 26 heavy (non-hydrogen) atoms. The number of sulfonamides is 1. The van der Waals surface area contributed by atoms with E-state index in [0.717, 1.165) is 12.5 Å². The molecule has 1 heterocycles. The van der Waals surface area contributed by atoms with E-state index in [1.807, 2.05) is 0 Å². The van der Waals surface area contributed by atoms with Crippen LogP contribution in [-0.4, -0.2) is 25.8 Å². The van der Waals surface area contributed by atoms with E-state index in [-0.39, 0.29) is 27.2 Å². The standard InChI is InChI=1S/C16H14ClN3O5S/c17-14-8-5-12(20(22)23)10-15(14)18-26(24,25)13-6-3-11(4-7-13)19-9-1-2-16(19)21/h3-8,10,18H,1-2,9H2. The second-order valence-electron chi connectivity index (χ2n) is 5.67. The van der Waals surface area contributed by atoms with E-state index in [4.69, 9.17) is 11.6 Å². The molecule has 0 aliphatic carbocycles. The van der Waals surface area contributed by atoms with Gasteiger partial charge in [-0.25, -0.2) is 8.42 Å². The Labute approximate surface area is 154 Å². The molecule has 1 aliphatic rings. The summed E-state index contributed by atoms with van der Waals surface area (Å²) in [5, 5.41) is 10.9. The van der Waals surface area contributed by atoms with Gasteiger partial charge in [0.05, 0.1) is 20.5 Å². The summed E-state index contributed by atoms with van der Waals surface area (Å²) in [6, 6.07) is 9.32. The number of nitro benzene ring substituents is 1. The van der Waals surface area contributed by atoms with Gasteiger partial charge in [-0.2, -0.15) is 0 Å². The van der Waals surface area contributed by atoms with Crippen molar-refractivity contribution in [2.45, 2.75) is 17.7 Å². The number of nitrogens with one attached hydrogen (secondary N) is 1. The molecule has 0 spiro atoms. The van der Waals surface area contributed by atoms with Crippen LogP contribution in [0.2, 0.25) is 5.02 Å². The second-order valence-corrected chi connectivity index (χ2v) is 7.76. The van der Waals surface area contributed by atoms with Gasteiger partial charge in [-0.1, -0.05) is 11.6 Å². The number of rotatable bonds is 5. The molecule has 0 saturated carbocycles. The molecule has 1 fully saturated rings. The number of anilines is 2. The van der Waals surface area contributed by atoms with Gasteiger partial charge in [-0.3, -0.25) is 19.6 Å². The molecule has 0 bridgehead atoms. The van der Waals surface area contributed by atoms with Crippen LogP contribution in [0.5, 0.6) is 0 Å². The van der Waals surface area contributed by atoms with E-state index < -0.39 is 14.9 Å². The van der Waals surface area contributed by atoms with Gasteiger partial charge in [-0.05, 0) is 36.8 Å². The molecule has 2 aromatic rings. The lowest BCUT2D eigenvalue weighted by atomic mass is 10.3. The number of amides is 1. The van der Waals surface area contributed by atoms with Crippen LogP contribution in [0, 0.1) is 10.1 Å². The largest absolute Gasteiger partial charge is 0.312 e. The van der Waals surface area contributed by atoms with E-state index >= 15 is 0 Å². The minimum Gasteiger partial charge on any atom is -0.312 e. The zero-order valence-electron chi connectivity index (χ0n) is 13.4. The lowest BCUT2D eigenvalue weighted by Gasteiger charge is -2.16. The zero-order valence-corrected chi connectivity index (χ0v) is 15.0. The molecule has 136 valence electrons. The summed E-state index contributed by atoms with van der Waals surface area (Å²) in [4.78, 5) is 23.5. The van der Waals surface area contributed by atoms with Crippen molar-refractivity contribution in [3.05, 3.63) is 57.6 Å². The van der Waals surface area contributed by atoms with Crippen LogP contribution in [0.3, 0.4) is 0 Å². The third-order valence-corrected chi connectivity index (χ3v) is 5.65. The highest BCUT2D eigenvalue weighted by Crippen LogP contribution is 2.29. The molecular weight excluding hydrogens is 382 g/mol. The molecule has 1 aliphatic heterocycles. The van der Waals surface area contributed by atoms with Gasteiger partial charge < -0.3 is 4.90 Å². The van der Waals surface area contributed by atoms with Crippen LogP contribution in [0.25, 0.3) is 0 Å². The summed E-state index contributed by atoms with van der Waals surface area (Å²) in [6.45, 7) is 0.604. The topological polar surface area (TPSA) is 110 Å². The molecule has 0 atom stereocenters. The maximum Gasteiger partial charge on any atom is 0.271 e. The first-order valence-corrected chi connectivity index (χ1v) is 9.51. The quantitative estimate of drug-likeness (QED) is 0.617. The first-order valence-electron chi connectivity index (χ1n) is 7.65. The summed E-state index contributed by atoms with van der Waals surface area (Å²) < 4.78 is 27.3. The molecule has 0 radical (unpaired) electrons. The van der Waals surface area contributed by atoms with Crippen LogP contribution in [0.4, 0.5) is 17.1 Å². The predicted octanol–water partition coefficient (Wildman–Crippen LogP) is 3.18. The highest BCUT2D eigenvalue weighted by molar-refractivity contribution is 7.92. The van der Waals surface area contributed by atoms with Crippen LogP contribution < -0.4 is 9.62 Å². The van der Waals surface area contributed by atoms with E-state index in [1.54, 1.807) is 17.0 Å². The van der Waals surface area contributed by atoms with Crippen molar-refractivity contribution < 1.29 is 18.1 Å². The summed E-state index contributed by atoms with van der Waals surface area (Å²) in [5.41, 5.74) is 0.259. The Morgan fingerprint density at radius 3 is 2.42 bits per heavy atom.